The third kappa shape index (κ3) is 4.87. The quantitative estimate of drug-likeness (QED) is 0.702. The average molecular weight is 255 g/mol. The minimum Gasteiger partial charge on any atom is -0.315 e. The minimum atomic E-state index is 0.616. The van der Waals surface area contributed by atoms with Crippen molar-refractivity contribution in [3.63, 3.8) is 0 Å². The Morgan fingerprint density at radius 1 is 1.22 bits per heavy atom. The second-order valence-corrected chi connectivity index (χ2v) is 6.56. The van der Waals surface area contributed by atoms with E-state index in [0.29, 0.717) is 6.04 Å². The summed E-state index contributed by atoms with van der Waals surface area (Å²) in [6.07, 6.45) is 2.60. The monoisotopic (exact) mass is 255 g/mol. The summed E-state index contributed by atoms with van der Waals surface area (Å²) in [5, 5.41) is 3.50. The predicted molar refractivity (Wildman–Crippen MR) is 80.0 cm³/mol. The van der Waals surface area contributed by atoms with E-state index < -0.39 is 0 Å². The van der Waals surface area contributed by atoms with Gasteiger partial charge in [0.25, 0.3) is 0 Å². The van der Waals surface area contributed by atoms with Crippen molar-refractivity contribution in [1.82, 2.24) is 15.1 Å². The molecule has 0 saturated carbocycles. The number of hydrogen-bond acceptors (Lipinski definition) is 3. The van der Waals surface area contributed by atoms with E-state index in [9.17, 15) is 0 Å². The average Bonchev–Trinajstić information content (AvgIpc) is 2.66. The van der Waals surface area contributed by atoms with Crippen molar-refractivity contribution in [3.05, 3.63) is 0 Å². The number of rotatable bonds is 7. The van der Waals surface area contributed by atoms with Crippen LogP contribution >= 0.6 is 0 Å². The molecule has 3 unspecified atom stereocenters. The molecule has 0 bridgehead atoms. The number of likely N-dealkylation sites (tertiary alicyclic amines) is 1. The summed E-state index contributed by atoms with van der Waals surface area (Å²) in [4.78, 5) is 5.06. The predicted octanol–water partition coefficient (Wildman–Crippen LogP) is 2.04. The van der Waals surface area contributed by atoms with E-state index in [1.165, 1.54) is 25.9 Å². The summed E-state index contributed by atoms with van der Waals surface area (Å²) >= 11 is 0. The molecule has 0 aromatic carbocycles. The minimum absolute atomic E-state index is 0.616. The van der Waals surface area contributed by atoms with Crippen molar-refractivity contribution < 1.29 is 0 Å². The number of nitrogens with zero attached hydrogens (tertiary/aromatic N) is 2. The summed E-state index contributed by atoms with van der Waals surface area (Å²) in [7, 11) is 4.42. The molecule has 3 heteroatoms. The highest BCUT2D eigenvalue weighted by Gasteiger charge is 2.32. The van der Waals surface area contributed by atoms with Crippen molar-refractivity contribution in [1.29, 1.82) is 0 Å². The molecule has 18 heavy (non-hydrogen) atoms. The maximum absolute atomic E-state index is 3.50. The molecule has 1 saturated heterocycles. The summed E-state index contributed by atoms with van der Waals surface area (Å²) in [5.74, 6) is 0.802. The van der Waals surface area contributed by atoms with Crippen LogP contribution in [0.25, 0.3) is 0 Å². The zero-order chi connectivity index (χ0) is 13.7. The van der Waals surface area contributed by atoms with Gasteiger partial charge in [0.15, 0.2) is 0 Å². The van der Waals surface area contributed by atoms with Gasteiger partial charge in [-0.05, 0) is 46.3 Å². The largest absolute Gasteiger partial charge is 0.315 e. The van der Waals surface area contributed by atoms with Gasteiger partial charge in [0, 0.05) is 31.2 Å². The smallest absolute Gasteiger partial charge is 0.0254 e. The standard InChI is InChI=1S/C15H33N3/c1-12(2)16-9-7-8-14(4)18-10-13(3)15(11-18)17(5)6/h12-16H,7-11H2,1-6H3. The molecule has 0 radical (unpaired) electrons. The van der Waals surface area contributed by atoms with E-state index in [-0.39, 0.29) is 0 Å². The molecule has 1 heterocycles. The molecule has 1 rings (SSSR count). The fourth-order valence-electron chi connectivity index (χ4n) is 2.99. The van der Waals surface area contributed by atoms with Crippen molar-refractivity contribution in [3.8, 4) is 0 Å². The highest BCUT2D eigenvalue weighted by atomic mass is 15.3. The van der Waals surface area contributed by atoms with Crippen LogP contribution in [0.5, 0.6) is 0 Å². The van der Waals surface area contributed by atoms with Crippen LogP contribution in [-0.4, -0.2) is 61.7 Å². The van der Waals surface area contributed by atoms with E-state index in [4.69, 9.17) is 0 Å². The third-order valence-electron chi connectivity index (χ3n) is 4.24. The highest BCUT2D eigenvalue weighted by molar-refractivity contribution is 4.88. The Balaban J connectivity index is 2.24. The first kappa shape index (κ1) is 15.9. The maximum Gasteiger partial charge on any atom is 0.0254 e. The van der Waals surface area contributed by atoms with Crippen LogP contribution in [-0.2, 0) is 0 Å². The summed E-state index contributed by atoms with van der Waals surface area (Å²) in [6, 6.07) is 2.08. The Hall–Kier alpha value is -0.120. The normalized spacial score (nSPS) is 27.3. The molecule has 1 N–H and O–H groups in total. The maximum atomic E-state index is 3.50. The summed E-state index contributed by atoms with van der Waals surface area (Å²) in [6.45, 7) is 12.9. The lowest BCUT2D eigenvalue weighted by molar-refractivity contribution is 0.215. The Bertz CT molecular complexity index is 228. The van der Waals surface area contributed by atoms with E-state index in [1.807, 2.05) is 0 Å². The first-order valence-electron chi connectivity index (χ1n) is 7.55. The van der Waals surface area contributed by atoms with Crippen molar-refractivity contribution in [2.24, 2.45) is 5.92 Å². The molecular weight excluding hydrogens is 222 g/mol. The van der Waals surface area contributed by atoms with Crippen LogP contribution in [0.4, 0.5) is 0 Å². The number of hydrogen-bond donors (Lipinski definition) is 1. The lowest BCUT2D eigenvalue weighted by Crippen LogP contribution is -2.36. The number of likely N-dealkylation sites (N-methyl/N-ethyl adjacent to an activating group) is 1. The Kier molecular flexibility index (Phi) is 6.61. The molecule has 0 aromatic rings. The van der Waals surface area contributed by atoms with Crippen LogP contribution in [0.15, 0.2) is 0 Å². The topological polar surface area (TPSA) is 18.5 Å². The van der Waals surface area contributed by atoms with Crippen molar-refractivity contribution >= 4 is 0 Å². The van der Waals surface area contributed by atoms with Gasteiger partial charge in [0.1, 0.15) is 0 Å². The summed E-state index contributed by atoms with van der Waals surface area (Å²) < 4.78 is 0. The van der Waals surface area contributed by atoms with Crippen molar-refractivity contribution in [2.45, 2.75) is 58.7 Å². The number of nitrogens with one attached hydrogen (secondary N) is 1. The van der Waals surface area contributed by atoms with Gasteiger partial charge in [0.2, 0.25) is 0 Å². The van der Waals surface area contributed by atoms with Gasteiger partial charge in [0.05, 0.1) is 0 Å². The summed E-state index contributed by atoms with van der Waals surface area (Å²) in [5.41, 5.74) is 0. The van der Waals surface area contributed by atoms with Crippen LogP contribution in [0.2, 0.25) is 0 Å². The Morgan fingerprint density at radius 3 is 2.39 bits per heavy atom. The zero-order valence-corrected chi connectivity index (χ0v) is 13.2. The SMILES string of the molecule is CC(C)NCCCC(C)N1CC(C)C(N(C)C)C1. The molecule has 0 spiro atoms. The van der Waals surface area contributed by atoms with E-state index in [1.54, 1.807) is 0 Å². The van der Waals surface area contributed by atoms with Gasteiger partial charge in [-0.15, -0.1) is 0 Å². The molecule has 0 aromatic heterocycles. The molecule has 1 aliphatic rings. The van der Waals surface area contributed by atoms with Crippen LogP contribution in [0.1, 0.15) is 40.5 Å². The first-order chi connectivity index (χ1) is 8.41. The molecule has 0 amide bonds. The van der Waals surface area contributed by atoms with Gasteiger partial charge >= 0.3 is 0 Å². The fraction of sp³-hybridized carbons (Fsp3) is 1.00. The van der Waals surface area contributed by atoms with Crippen LogP contribution < -0.4 is 5.32 Å². The zero-order valence-electron chi connectivity index (χ0n) is 13.2. The molecule has 1 aliphatic heterocycles. The second-order valence-electron chi connectivity index (χ2n) is 6.56. The Morgan fingerprint density at radius 2 is 1.89 bits per heavy atom. The fourth-order valence-corrected chi connectivity index (χ4v) is 2.99. The molecule has 3 atom stereocenters. The lowest BCUT2D eigenvalue weighted by Gasteiger charge is -2.26. The molecule has 3 nitrogen and oxygen atoms in total. The molecule has 108 valence electrons. The molecule has 0 aliphatic carbocycles. The van der Waals surface area contributed by atoms with Crippen molar-refractivity contribution in [2.75, 3.05) is 33.7 Å². The van der Waals surface area contributed by atoms with Gasteiger partial charge in [-0.3, -0.25) is 4.90 Å². The third-order valence-corrected chi connectivity index (χ3v) is 4.24. The van der Waals surface area contributed by atoms with Crippen LogP contribution in [0.3, 0.4) is 0 Å². The lowest BCUT2D eigenvalue weighted by atomic mass is 10.1. The van der Waals surface area contributed by atoms with Gasteiger partial charge in [-0.1, -0.05) is 20.8 Å². The van der Waals surface area contributed by atoms with E-state index >= 15 is 0 Å². The van der Waals surface area contributed by atoms with Gasteiger partial charge in [-0.25, -0.2) is 0 Å². The Labute approximate surface area is 114 Å². The van der Waals surface area contributed by atoms with Gasteiger partial charge in [-0.2, -0.15) is 0 Å². The highest BCUT2D eigenvalue weighted by Crippen LogP contribution is 2.23. The van der Waals surface area contributed by atoms with E-state index in [0.717, 1.165) is 24.5 Å². The molecule has 1 fully saturated rings. The molecular formula is C15H33N3. The second kappa shape index (κ2) is 7.46. The first-order valence-corrected chi connectivity index (χ1v) is 7.55. The van der Waals surface area contributed by atoms with E-state index in [2.05, 4.69) is 56.9 Å². The van der Waals surface area contributed by atoms with Gasteiger partial charge < -0.3 is 10.2 Å². The van der Waals surface area contributed by atoms with Crippen LogP contribution in [0, 0.1) is 5.92 Å².